The fourth-order valence-corrected chi connectivity index (χ4v) is 4.58. The summed E-state index contributed by atoms with van der Waals surface area (Å²) in [5.41, 5.74) is 0. The van der Waals surface area contributed by atoms with E-state index in [0.29, 0.717) is 12.5 Å². The number of imidazole rings is 1. The predicted octanol–water partition coefficient (Wildman–Crippen LogP) is 2.43. The van der Waals surface area contributed by atoms with Crippen molar-refractivity contribution in [1.82, 2.24) is 19.5 Å². The molecule has 0 amide bonds. The van der Waals surface area contributed by atoms with Gasteiger partial charge in [-0.3, -0.25) is 0 Å². The topological polar surface area (TPSA) is 70.3 Å². The van der Waals surface area contributed by atoms with Crippen LogP contribution in [0.1, 0.15) is 50.3 Å². The first-order valence-electron chi connectivity index (χ1n) is 10.8. The predicted molar refractivity (Wildman–Crippen MR) is 109 cm³/mol. The zero-order valence-corrected chi connectivity index (χ0v) is 16.5. The second-order valence-electron chi connectivity index (χ2n) is 8.60. The number of nitrogens with zero attached hydrogens (tertiary/aromatic N) is 6. The minimum Gasteiger partial charge on any atom is -0.391 e. The van der Waals surface area contributed by atoms with Crippen LogP contribution in [0.5, 0.6) is 0 Å². The van der Waals surface area contributed by atoms with Crippen LogP contribution in [0.25, 0.3) is 0 Å². The Bertz CT molecular complexity index is 796. The van der Waals surface area contributed by atoms with E-state index >= 15 is 0 Å². The molecule has 4 heterocycles. The summed E-state index contributed by atoms with van der Waals surface area (Å²) in [6, 6.07) is 1.96. The van der Waals surface area contributed by atoms with Crippen molar-refractivity contribution >= 4 is 11.8 Å². The lowest BCUT2D eigenvalue weighted by Crippen LogP contribution is -2.39. The fraction of sp³-hybridized carbons (Fsp3) is 0.667. The number of piperidine rings is 2. The minimum atomic E-state index is -0.248. The SMILES string of the molecule is OC1CCCN(c2ccnc(N3CCC(c4nccn4CC4CC4)CC3)n2)C1. The molecule has 0 radical (unpaired) electrons. The minimum absolute atomic E-state index is 0.248. The maximum Gasteiger partial charge on any atom is 0.227 e. The van der Waals surface area contributed by atoms with Gasteiger partial charge in [-0.25, -0.2) is 9.97 Å². The van der Waals surface area contributed by atoms with Gasteiger partial charge in [0.05, 0.1) is 6.10 Å². The highest BCUT2D eigenvalue weighted by Crippen LogP contribution is 2.34. The lowest BCUT2D eigenvalue weighted by molar-refractivity contribution is 0.154. The molecular weight excluding hydrogens is 352 g/mol. The van der Waals surface area contributed by atoms with Crippen molar-refractivity contribution in [1.29, 1.82) is 0 Å². The average molecular weight is 383 g/mol. The van der Waals surface area contributed by atoms with E-state index in [4.69, 9.17) is 4.98 Å². The molecule has 7 heteroatoms. The summed E-state index contributed by atoms with van der Waals surface area (Å²) < 4.78 is 2.39. The van der Waals surface area contributed by atoms with Gasteiger partial charge in [0.25, 0.3) is 0 Å². The molecule has 1 unspecified atom stereocenters. The van der Waals surface area contributed by atoms with Gasteiger partial charge in [-0.05, 0) is 50.5 Å². The zero-order valence-electron chi connectivity index (χ0n) is 16.5. The molecule has 0 aromatic carbocycles. The number of hydrogen-bond acceptors (Lipinski definition) is 6. The molecule has 7 nitrogen and oxygen atoms in total. The molecule has 1 N–H and O–H groups in total. The summed E-state index contributed by atoms with van der Waals surface area (Å²) in [4.78, 5) is 18.5. The van der Waals surface area contributed by atoms with Crippen molar-refractivity contribution in [2.75, 3.05) is 36.0 Å². The molecule has 1 aliphatic carbocycles. The molecule has 1 atom stereocenters. The Morgan fingerprint density at radius 3 is 2.61 bits per heavy atom. The van der Waals surface area contributed by atoms with Gasteiger partial charge >= 0.3 is 0 Å². The van der Waals surface area contributed by atoms with Gasteiger partial charge in [0.2, 0.25) is 5.95 Å². The van der Waals surface area contributed by atoms with Gasteiger partial charge in [0.1, 0.15) is 11.6 Å². The summed E-state index contributed by atoms with van der Waals surface area (Å²) in [5, 5.41) is 9.96. The summed E-state index contributed by atoms with van der Waals surface area (Å²) in [6.07, 6.45) is 12.6. The van der Waals surface area contributed by atoms with Crippen LogP contribution < -0.4 is 9.80 Å². The standard InChI is InChI=1S/C21H30N6O/c28-18-2-1-10-26(15-18)19-5-8-23-21(24-19)25-11-6-17(7-12-25)20-22-9-13-27(20)14-16-3-4-16/h5,8-9,13,16-18,28H,1-4,6-7,10-12,14-15H2. The summed E-state index contributed by atoms with van der Waals surface area (Å²) in [6.45, 7) is 4.70. The first-order chi connectivity index (χ1) is 13.8. The van der Waals surface area contributed by atoms with E-state index in [2.05, 4.69) is 30.5 Å². The van der Waals surface area contributed by atoms with E-state index < -0.39 is 0 Å². The molecule has 2 aromatic heterocycles. The largest absolute Gasteiger partial charge is 0.391 e. The number of β-amino-alcohol motifs (C(OH)–C–C–N with tert-alkyl or cyclic N) is 1. The molecule has 2 saturated heterocycles. The third-order valence-electron chi connectivity index (χ3n) is 6.39. The zero-order chi connectivity index (χ0) is 18.9. The van der Waals surface area contributed by atoms with E-state index in [0.717, 1.165) is 69.5 Å². The number of hydrogen-bond donors (Lipinski definition) is 1. The van der Waals surface area contributed by atoms with Crippen LogP contribution >= 0.6 is 0 Å². The van der Waals surface area contributed by atoms with E-state index in [1.807, 2.05) is 18.5 Å². The van der Waals surface area contributed by atoms with Crippen LogP contribution in [0.2, 0.25) is 0 Å². The van der Waals surface area contributed by atoms with Crippen LogP contribution in [-0.2, 0) is 6.54 Å². The Morgan fingerprint density at radius 1 is 0.964 bits per heavy atom. The highest BCUT2D eigenvalue weighted by Gasteiger charge is 2.28. The Balaban J connectivity index is 1.23. The Kier molecular flexibility index (Phi) is 4.93. The second-order valence-corrected chi connectivity index (χ2v) is 8.60. The number of aliphatic hydroxyl groups excluding tert-OH is 1. The molecule has 2 aliphatic heterocycles. The Labute approximate surface area is 166 Å². The lowest BCUT2D eigenvalue weighted by atomic mass is 9.96. The normalized spacial score (nSPS) is 24.0. The summed E-state index contributed by atoms with van der Waals surface area (Å²) in [7, 11) is 0. The highest BCUT2D eigenvalue weighted by atomic mass is 16.3. The van der Waals surface area contributed by atoms with Gasteiger partial charge in [-0.1, -0.05) is 0 Å². The molecule has 0 spiro atoms. The van der Waals surface area contributed by atoms with Gasteiger partial charge in [-0.2, -0.15) is 4.98 Å². The van der Waals surface area contributed by atoms with Crippen molar-refractivity contribution in [2.24, 2.45) is 5.92 Å². The van der Waals surface area contributed by atoms with Crippen molar-refractivity contribution in [3.8, 4) is 0 Å². The first-order valence-corrected chi connectivity index (χ1v) is 10.8. The molecular formula is C21H30N6O. The number of anilines is 2. The molecule has 28 heavy (non-hydrogen) atoms. The van der Waals surface area contributed by atoms with Crippen LogP contribution in [0, 0.1) is 5.92 Å². The Hall–Kier alpha value is -2.15. The van der Waals surface area contributed by atoms with Crippen molar-refractivity contribution in [3.05, 3.63) is 30.5 Å². The third kappa shape index (κ3) is 3.85. The Morgan fingerprint density at radius 2 is 1.82 bits per heavy atom. The summed E-state index contributed by atoms with van der Waals surface area (Å²) >= 11 is 0. The maximum atomic E-state index is 9.96. The molecule has 1 saturated carbocycles. The summed E-state index contributed by atoms with van der Waals surface area (Å²) in [5.74, 6) is 4.43. The second kappa shape index (κ2) is 7.70. The molecule has 3 fully saturated rings. The molecule has 3 aliphatic rings. The third-order valence-corrected chi connectivity index (χ3v) is 6.39. The lowest BCUT2D eigenvalue weighted by Gasteiger charge is -2.34. The van der Waals surface area contributed by atoms with Gasteiger partial charge in [-0.15, -0.1) is 0 Å². The first kappa shape index (κ1) is 17.9. The molecule has 150 valence electrons. The van der Waals surface area contributed by atoms with Crippen LogP contribution in [0.4, 0.5) is 11.8 Å². The highest BCUT2D eigenvalue weighted by molar-refractivity contribution is 5.44. The molecule has 0 bridgehead atoms. The molecule has 5 rings (SSSR count). The average Bonchev–Trinajstić information content (AvgIpc) is 3.43. The molecule has 2 aromatic rings. The van der Waals surface area contributed by atoms with Crippen molar-refractivity contribution in [2.45, 2.75) is 57.1 Å². The van der Waals surface area contributed by atoms with Crippen LogP contribution in [0.3, 0.4) is 0 Å². The smallest absolute Gasteiger partial charge is 0.227 e. The van der Waals surface area contributed by atoms with Crippen molar-refractivity contribution < 1.29 is 5.11 Å². The van der Waals surface area contributed by atoms with Crippen LogP contribution in [-0.4, -0.2) is 56.9 Å². The number of aliphatic hydroxyl groups is 1. The monoisotopic (exact) mass is 382 g/mol. The van der Waals surface area contributed by atoms with Gasteiger partial charge < -0.3 is 19.5 Å². The van der Waals surface area contributed by atoms with E-state index in [9.17, 15) is 5.11 Å². The maximum absolute atomic E-state index is 9.96. The van der Waals surface area contributed by atoms with Crippen LogP contribution in [0.15, 0.2) is 24.7 Å². The van der Waals surface area contributed by atoms with Gasteiger partial charge in [0.15, 0.2) is 0 Å². The van der Waals surface area contributed by atoms with E-state index in [1.54, 1.807) is 0 Å². The number of aromatic nitrogens is 4. The van der Waals surface area contributed by atoms with E-state index in [-0.39, 0.29) is 6.10 Å². The van der Waals surface area contributed by atoms with Crippen molar-refractivity contribution in [3.63, 3.8) is 0 Å². The fourth-order valence-electron chi connectivity index (χ4n) is 4.58. The number of rotatable bonds is 5. The van der Waals surface area contributed by atoms with E-state index in [1.165, 1.54) is 18.7 Å². The van der Waals surface area contributed by atoms with Gasteiger partial charge in [0, 0.05) is 57.2 Å². The quantitative estimate of drug-likeness (QED) is 0.856.